The monoisotopic (exact) mass is 357 g/mol. The summed E-state index contributed by atoms with van der Waals surface area (Å²) >= 11 is 6.06. The first-order valence-electron chi connectivity index (χ1n) is 7.15. The number of amides is 3. The Bertz CT molecular complexity index is 582. The second kappa shape index (κ2) is 10.5. The third-order valence-electron chi connectivity index (χ3n) is 2.96. The summed E-state index contributed by atoms with van der Waals surface area (Å²) in [6.07, 6.45) is -0.210. The highest BCUT2D eigenvalue weighted by Gasteiger charge is 2.21. The van der Waals surface area contributed by atoms with Gasteiger partial charge in [0.1, 0.15) is 0 Å². The molecule has 3 amide bonds. The van der Waals surface area contributed by atoms with Gasteiger partial charge in [-0.05, 0) is 11.6 Å². The number of esters is 1. The van der Waals surface area contributed by atoms with Gasteiger partial charge < -0.3 is 25.8 Å². The highest BCUT2D eigenvalue weighted by molar-refractivity contribution is 6.31. The predicted octanol–water partition coefficient (Wildman–Crippen LogP) is 0.745. The summed E-state index contributed by atoms with van der Waals surface area (Å²) in [6, 6.07) is 5.17. The van der Waals surface area contributed by atoms with Gasteiger partial charge in [0.05, 0.1) is 19.1 Å². The minimum Gasteiger partial charge on any atom is -0.456 e. The van der Waals surface area contributed by atoms with E-state index in [0.717, 1.165) is 0 Å². The average molecular weight is 358 g/mol. The largest absolute Gasteiger partial charge is 0.456 e. The van der Waals surface area contributed by atoms with Crippen LogP contribution in [0.25, 0.3) is 0 Å². The molecule has 0 unspecified atom stereocenters. The molecule has 0 aliphatic carbocycles. The van der Waals surface area contributed by atoms with E-state index in [1.807, 2.05) is 0 Å². The van der Waals surface area contributed by atoms with Gasteiger partial charge in [0.2, 0.25) is 0 Å². The van der Waals surface area contributed by atoms with Crippen LogP contribution in [0.2, 0.25) is 5.02 Å². The standard InChI is InChI=1S/C15H20ClN3O5/c1-23-7-6-18-13(20)9-24-14(21)8-12(19-15(17)22)10-4-2-3-5-11(10)16/h2-5,12H,6-9H2,1H3,(H,18,20)(H3,17,19,22)/t12-/m1/s1. The number of nitrogens with one attached hydrogen (secondary N) is 2. The number of nitrogens with two attached hydrogens (primary N) is 1. The van der Waals surface area contributed by atoms with Crippen molar-refractivity contribution in [2.45, 2.75) is 12.5 Å². The van der Waals surface area contributed by atoms with E-state index in [1.54, 1.807) is 24.3 Å². The lowest BCUT2D eigenvalue weighted by atomic mass is 10.0. The first-order valence-corrected chi connectivity index (χ1v) is 7.53. The fourth-order valence-electron chi connectivity index (χ4n) is 1.88. The van der Waals surface area contributed by atoms with Crippen LogP contribution in [0.15, 0.2) is 24.3 Å². The van der Waals surface area contributed by atoms with Crippen LogP contribution < -0.4 is 16.4 Å². The maximum Gasteiger partial charge on any atom is 0.312 e. The lowest BCUT2D eigenvalue weighted by Crippen LogP contribution is -2.35. The van der Waals surface area contributed by atoms with Crippen molar-refractivity contribution < 1.29 is 23.9 Å². The lowest BCUT2D eigenvalue weighted by Gasteiger charge is -2.18. The molecule has 1 aromatic carbocycles. The van der Waals surface area contributed by atoms with Gasteiger partial charge in [-0.3, -0.25) is 9.59 Å². The lowest BCUT2D eigenvalue weighted by molar-refractivity contribution is -0.149. The fraction of sp³-hybridized carbons (Fsp3) is 0.400. The summed E-state index contributed by atoms with van der Waals surface area (Å²) in [4.78, 5) is 34.5. The van der Waals surface area contributed by atoms with Crippen LogP contribution in [0.1, 0.15) is 18.0 Å². The van der Waals surface area contributed by atoms with Gasteiger partial charge >= 0.3 is 12.0 Å². The van der Waals surface area contributed by atoms with Gasteiger partial charge in [-0.2, -0.15) is 0 Å². The maximum absolute atomic E-state index is 11.9. The number of primary amides is 1. The molecular formula is C15H20ClN3O5. The van der Waals surface area contributed by atoms with Gasteiger partial charge in [0.25, 0.3) is 5.91 Å². The zero-order valence-electron chi connectivity index (χ0n) is 13.2. The average Bonchev–Trinajstić information content (AvgIpc) is 2.52. The Morgan fingerprint density at radius 2 is 2.00 bits per heavy atom. The molecule has 0 bridgehead atoms. The first-order chi connectivity index (χ1) is 11.4. The number of urea groups is 1. The zero-order chi connectivity index (χ0) is 17.9. The molecule has 0 heterocycles. The summed E-state index contributed by atoms with van der Waals surface area (Å²) in [5.74, 6) is -1.12. The Morgan fingerprint density at radius 1 is 1.29 bits per heavy atom. The number of methoxy groups -OCH3 is 1. The molecule has 0 saturated carbocycles. The quantitative estimate of drug-likeness (QED) is 0.445. The van der Waals surface area contributed by atoms with E-state index in [-0.39, 0.29) is 6.42 Å². The van der Waals surface area contributed by atoms with Crippen LogP contribution in [0.4, 0.5) is 4.79 Å². The minimum absolute atomic E-state index is 0.210. The number of carbonyl (C=O) groups excluding carboxylic acids is 3. The molecule has 4 N–H and O–H groups in total. The van der Waals surface area contributed by atoms with Crippen molar-refractivity contribution in [2.24, 2.45) is 5.73 Å². The van der Waals surface area contributed by atoms with E-state index in [1.165, 1.54) is 7.11 Å². The summed E-state index contributed by atoms with van der Waals surface area (Å²) in [6.45, 7) is 0.253. The predicted molar refractivity (Wildman–Crippen MR) is 87.4 cm³/mol. The molecule has 8 nitrogen and oxygen atoms in total. The van der Waals surface area contributed by atoms with E-state index < -0.39 is 30.6 Å². The van der Waals surface area contributed by atoms with E-state index in [4.69, 9.17) is 26.8 Å². The van der Waals surface area contributed by atoms with Crippen molar-refractivity contribution in [3.8, 4) is 0 Å². The molecule has 0 fully saturated rings. The van der Waals surface area contributed by atoms with E-state index >= 15 is 0 Å². The molecular weight excluding hydrogens is 338 g/mol. The SMILES string of the molecule is COCCNC(=O)COC(=O)C[C@@H](NC(N)=O)c1ccccc1Cl. The molecule has 1 aromatic rings. The summed E-state index contributed by atoms with van der Waals surface area (Å²) in [5, 5.41) is 5.32. The molecule has 1 rings (SSSR count). The number of hydrogen-bond donors (Lipinski definition) is 3. The molecule has 0 aromatic heterocycles. The first kappa shape index (κ1) is 19.7. The van der Waals surface area contributed by atoms with Crippen molar-refractivity contribution in [1.29, 1.82) is 0 Å². The van der Waals surface area contributed by atoms with Crippen LogP contribution in [0.3, 0.4) is 0 Å². The van der Waals surface area contributed by atoms with Crippen molar-refractivity contribution in [1.82, 2.24) is 10.6 Å². The Balaban J connectivity index is 2.57. The Kier molecular flexibility index (Phi) is 8.59. The smallest absolute Gasteiger partial charge is 0.312 e. The van der Waals surface area contributed by atoms with Gasteiger partial charge in [0.15, 0.2) is 6.61 Å². The molecule has 1 atom stereocenters. The Morgan fingerprint density at radius 3 is 2.62 bits per heavy atom. The van der Waals surface area contributed by atoms with Crippen LogP contribution in [0, 0.1) is 0 Å². The second-order valence-electron chi connectivity index (χ2n) is 4.79. The minimum atomic E-state index is -0.801. The van der Waals surface area contributed by atoms with E-state index in [2.05, 4.69) is 10.6 Å². The highest BCUT2D eigenvalue weighted by atomic mass is 35.5. The van der Waals surface area contributed by atoms with Crippen LogP contribution in [-0.2, 0) is 19.1 Å². The number of halogens is 1. The summed E-state index contributed by atoms with van der Waals surface area (Å²) in [7, 11) is 1.51. The number of hydrogen-bond acceptors (Lipinski definition) is 5. The molecule has 0 aliphatic heterocycles. The molecule has 132 valence electrons. The molecule has 0 radical (unpaired) electrons. The Hall–Kier alpha value is -2.32. The molecule has 0 spiro atoms. The van der Waals surface area contributed by atoms with Gasteiger partial charge in [-0.15, -0.1) is 0 Å². The topological polar surface area (TPSA) is 120 Å². The highest BCUT2D eigenvalue weighted by Crippen LogP contribution is 2.25. The molecule has 9 heteroatoms. The van der Waals surface area contributed by atoms with Crippen LogP contribution >= 0.6 is 11.6 Å². The van der Waals surface area contributed by atoms with Crippen molar-refractivity contribution in [2.75, 3.05) is 26.9 Å². The summed E-state index contributed by atoms with van der Waals surface area (Å²) in [5.41, 5.74) is 5.65. The third kappa shape index (κ3) is 7.30. The summed E-state index contributed by atoms with van der Waals surface area (Å²) < 4.78 is 9.66. The molecule has 0 saturated heterocycles. The van der Waals surface area contributed by atoms with Gasteiger partial charge in [0, 0.05) is 18.7 Å². The van der Waals surface area contributed by atoms with E-state index in [9.17, 15) is 14.4 Å². The molecule has 0 aliphatic rings. The van der Waals surface area contributed by atoms with Gasteiger partial charge in [-0.1, -0.05) is 29.8 Å². The normalized spacial score (nSPS) is 11.4. The van der Waals surface area contributed by atoms with Crippen molar-refractivity contribution in [3.05, 3.63) is 34.9 Å². The third-order valence-corrected chi connectivity index (χ3v) is 3.30. The van der Waals surface area contributed by atoms with Crippen LogP contribution in [0.5, 0.6) is 0 Å². The number of rotatable bonds is 9. The zero-order valence-corrected chi connectivity index (χ0v) is 14.0. The number of carbonyl (C=O) groups is 3. The van der Waals surface area contributed by atoms with Crippen LogP contribution in [-0.4, -0.2) is 44.8 Å². The van der Waals surface area contributed by atoms with Crippen molar-refractivity contribution >= 4 is 29.5 Å². The van der Waals surface area contributed by atoms with Crippen molar-refractivity contribution in [3.63, 3.8) is 0 Å². The fourth-order valence-corrected chi connectivity index (χ4v) is 2.15. The Labute approximate surface area is 144 Å². The van der Waals surface area contributed by atoms with E-state index in [0.29, 0.717) is 23.7 Å². The number of benzene rings is 1. The second-order valence-corrected chi connectivity index (χ2v) is 5.20. The molecule has 24 heavy (non-hydrogen) atoms. The van der Waals surface area contributed by atoms with Gasteiger partial charge in [-0.25, -0.2) is 4.79 Å². The maximum atomic E-state index is 11.9. The number of ether oxygens (including phenoxy) is 2.